The van der Waals surface area contributed by atoms with Gasteiger partial charge >= 0.3 is 0 Å². The first kappa shape index (κ1) is 18.1. The summed E-state index contributed by atoms with van der Waals surface area (Å²) in [6.07, 6.45) is 1.68. The number of carbonyl (C=O) groups is 2. The molecule has 27 heavy (non-hydrogen) atoms. The van der Waals surface area contributed by atoms with Crippen LogP contribution in [0.2, 0.25) is 0 Å². The molecule has 0 bridgehead atoms. The summed E-state index contributed by atoms with van der Waals surface area (Å²) < 4.78 is 14.2. The molecule has 0 aliphatic rings. The summed E-state index contributed by atoms with van der Waals surface area (Å²) in [7, 11) is 0. The molecule has 3 aromatic rings. The minimum Gasteiger partial charge on any atom is -0.368 e. The maximum Gasteiger partial charge on any atom is 0.252 e. The predicted octanol–water partition coefficient (Wildman–Crippen LogP) is 1.90. The fourth-order valence-electron chi connectivity index (χ4n) is 2.44. The molecular weight excluding hydrogens is 351 g/mol. The molecule has 0 aliphatic heterocycles. The minimum absolute atomic E-state index is 0.0475. The van der Waals surface area contributed by atoms with Crippen molar-refractivity contribution < 1.29 is 14.0 Å². The number of fused-ring (bicyclic) bond motifs is 1. The van der Waals surface area contributed by atoms with Crippen molar-refractivity contribution >= 4 is 40.0 Å². The lowest BCUT2D eigenvalue weighted by atomic mass is 10.2. The first-order valence-electron chi connectivity index (χ1n) is 8.03. The molecule has 0 unspecified atom stereocenters. The predicted molar refractivity (Wildman–Crippen MR) is 100 cm³/mol. The molecular formula is C18H17FN6O2. The van der Waals surface area contributed by atoms with Crippen LogP contribution < -0.4 is 22.1 Å². The number of aromatic nitrogens is 2. The Hall–Kier alpha value is -3.75. The molecule has 2 heterocycles. The summed E-state index contributed by atoms with van der Waals surface area (Å²) in [5.41, 5.74) is 11.8. The van der Waals surface area contributed by atoms with Crippen molar-refractivity contribution in [1.82, 2.24) is 9.97 Å². The van der Waals surface area contributed by atoms with E-state index in [0.717, 1.165) is 17.0 Å². The van der Waals surface area contributed by atoms with E-state index >= 15 is 0 Å². The number of rotatable bonds is 6. The smallest absolute Gasteiger partial charge is 0.252 e. The first-order chi connectivity index (χ1) is 12.8. The lowest BCUT2D eigenvalue weighted by molar-refractivity contribution is -0.118. The second-order valence-corrected chi connectivity index (χ2v) is 5.88. The fourth-order valence-corrected chi connectivity index (χ4v) is 2.44. The summed E-state index contributed by atoms with van der Waals surface area (Å²) in [4.78, 5) is 31.2. The Morgan fingerprint density at radius 3 is 2.63 bits per heavy atom. The highest BCUT2D eigenvalue weighted by atomic mass is 19.1. The number of hydrogen-bond donors (Lipinski definition) is 4. The zero-order valence-electron chi connectivity index (χ0n) is 14.4. The molecule has 3 rings (SSSR count). The van der Waals surface area contributed by atoms with Crippen molar-refractivity contribution in [3.8, 4) is 0 Å². The van der Waals surface area contributed by atoms with Gasteiger partial charge in [0.05, 0.1) is 11.1 Å². The zero-order valence-corrected chi connectivity index (χ0v) is 14.4. The van der Waals surface area contributed by atoms with Gasteiger partial charge in [-0.1, -0.05) is 6.07 Å². The number of anilines is 3. The Kier molecular flexibility index (Phi) is 4.84. The minimum atomic E-state index is -0.856. The average Bonchev–Trinajstić information content (AvgIpc) is 2.63. The number of primary amides is 2. The summed E-state index contributed by atoms with van der Waals surface area (Å²) in [5, 5.41) is 6.39. The standard InChI is InChI=1S/C18H17FN6O2/c1-9(15(20)26)23-18-13(19)8-12(16(21)27)17(25-18)24-11-4-5-14-10(7-11)3-2-6-22-14/h2-9H,1H3,(H2,20,26)(H2,21,27)(H2,23,24,25)/t9-/m1/s1. The Balaban J connectivity index is 2.00. The van der Waals surface area contributed by atoms with E-state index in [2.05, 4.69) is 20.6 Å². The van der Waals surface area contributed by atoms with Crippen LogP contribution in [0.5, 0.6) is 0 Å². The van der Waals surface area contributed by atoms with Crippen LogP contribution in [0.1, 0.15) is 17.3 Å². The van der Waals surface area contributed by atoms with Gasteiger partial charge in [-0.2, -0.15) is 0 Å². The largest absolute Gasteiger partial charge is 0.368 e. The maximum absolute atomic E-state index is 14.2. The van der Waals surface area contributed by atoms with Gasteiger partial charge in [-0.15, -0.1) is 0 Å². The van der Waals surface area contributed by atoms with Crippen molar-refractivity contribution in [2.45, 2.75) is 13.0 Å². The van der Waals surface area contributed by atoms with Gasteiger partial charge in [0.1, 0.15) is 11.9 Å². The molecule has 0 saturated heterocycles. The van der Waals surface area contributed by atoms with E-state index in [1.165, 1.54) is 6.92 Å². The molecule has 9 heteroatoms. The highest BCUT2D eigenvalue weighted by molar-refractivity contribution is 5.99. The molecule has 8 nitrogen and oxygen atoms in total. The van der Waals surface area contributed by atoms with E-state index in [9.17, 15) is 14.0 Å². The number of hydrogen-bond acceptors (Lipinski definition) is 6. The monoisotopic (exact) mass is 368 g/mol. The topological polar surface area (TPSA) is 136 Å². The van der Waals surface area contributed by atoms with Gasteiger partial charge in [-0.05, 0) is 37.3 Å². The first-order valence-corrected chi connectivity index (χ1v) is 8.03. The molecule has 6 N–H and O–H groups in total. The highest BCUT2D eigenvalue weighted by Crippen LogP contribution is 2.25. The fraction of sp³-hybridized carbons (Fsp3) is 0.111. The van der Waals surface area contributed by atoms with E-state index in [-0.39, 0.29) is 17.2 Å². The van der Waals surface area contributed by atoms with E-state index in [1.807, 2.05) is 6.07 Å². The molecule has 0 fully saturated rings. The van der Waals surface area contributed by atoms with Crippen molar-refractivity contribution in [2.75, 3.05) is 10.6 Å². The van der Waals surface area contributed by atoms with Crippen LogP contribution >= 0.6 is 0 Å². The van der Waals surface area contributed by atoms with Crippen molar-refractivity contribution in [3.63, 3.8) is 0 Å². The van der Waals surface area contributed by atoms with E-state index in [4.69, 9.17) is 11.5 Å². The lowest BCUT2D eigenvalue weighted by Crippen LogP contribution is -2.33. The third-order valence-corrected chi connectivity index (χ3v) is 3.89. The average molecular weight is 368 g/mol. The molecule has 2 aromatic heterocycles. The van der Waals surface area contributed by atoms with Crippen LogP contribution in [0.15, 0.2) is 42.6 Å². The van der Waals surface area contributed by atoms with Crippen molar-refractivity contribution in [1.29, 1.82) is 0 Å². The molecule has 138 valence electrons. The van der Waals surface area contributed by atoms with Crippen LogP contribution in [-0.4, -0.2) is 27.8 Å². The SMILES string of the molecule is C[C@@H](Nc1nc(Nc2ccc3ncccc3c2)c(C(N)=O)cc1F)C(N)=O. The molecule has 0 spiro atoms. The van der Waals surface area contributed by atoms with E-state index in [1.54, 1.807) is 30.5 Å². The van der Waals surface area contributed by atoms with Gasteiger partial charge in [-0.25, -0.2) is 9.37 Å². The van der Waals surface area contributed by atoms with Gasteiger partial charge < -0.3 is 22.1 Å². The number of carbonyl (C=O) groups excluding carboxylic acids is 2. The number of nitrogens with two attached hydrogens (primary N) is 2. The van der Waals surface area contributed by atoms with Crippen molar-refractivity contribution in [2.24, 2.45) is 11.5 Å². The Bertz CT molecular complexity index is 1040. The maximum atomic E-state index is 14.2. The molecule has 0 radical (unpaired) electrons. The number of amides is 2. The van der Waals surface area contributed by atoms with Gasteiger partial charge in [0.25, 0.3) is 5.91 Å². The third kappa shape index (κ3) is 3.92. The van der Waals surface area contributed by atoms with Gasteiger partial charge in [-0.3, -0.25) is 14.6 Å². The number of nitrogens with zero attached hydrogens (tertiary/aromatic N) is 2. The number of benzene rings is 1. The molecule has 0 saturated carbocycles. The van der Waals surface area contributed by atoms with Crippen LogP contribution in [0.4, 0.5) is 21.7 Å². The summed E-state index contributed by atoms with van der Waals surface area (Å²) in [6.45, 7) is 1.47. The Morgan fingerprint density at radius 1 is 1.15 bits per heavy atom. The zero-order chi connectivity index (χ0) is 19.6. The number of pyridine rings is 2. The number of halogens is 1. The van der Waals surface area contributed by atoms with Gasteiger partial charge in [0.15, 0.2) is 11.6 Å². The number of nitrogens with one attached hydrogen (secondary N) is 2. The molecule has 1 atom stereocenters. The van der Waals surface area contributed by atoms with Crippen LogP contribution in [-0.2, 0) is 4.79 Å². The van der Waals surface area contributed by atoms with E-state index < -0.39 is 23.7 Å². The lowest BCUT2D eigenvalue weighted by Gasteiger charge is -2.15. The van der Waals surface area contributed by atoms with Crippen LogP contribution in [0.25, 0.3) is 10.9 Å². The van der Waals surface area contributed by atoms with Gasteiger partial charge in [0.2, 0.25) is 5.91 Å². The van der Waals surface area contributed by atoms with Crippen molar-refractivity contribution in [3.05, 3.63) is 54.0 Å². The highest BCUT2D eigenvalue weighted by Gasteiger charge is 2.18. The molecule has 0 aliphatic carbocycles. The Morgan fingerprint density at radius 2 is 1.93 bits per heavy atom. The molecule has 1 aromatic carbocycles. The second kappa shape index (κ2) is 7.24. The summed E-state index contributed by atoms with van der Waals surface area (Å²) >= 11 is 0. The third-order valence-electron chi connectivity index (χ3n) is 3.89. The summed E-state index contributed by atoms with van der Waals surface area (Å²) in [5.74, 6) is -2.53. The van der Waals surface area contributed by atoms with Crippen LogP contribution in [0.3, 0.4) is 0 Å². The quantitative estimate of drug-likeness (QED) is 0.525. The summed E-state index contributed by atoms with van der Waals surface area (Å²) in [6, 6.07) is 9.11. The second-order valence-electron chi connectivity index (χ2n) is 5.88. The molecule has 2 amide bonds. The van der Waals surface area contributed by atoms with E-state index in [0.29, 0.717) is 5.69 Å². The Labute approximate surface area is 153 Å². The van der Waals surface area contributed by atoms with Crippen LogP contribution in [0, 0.1) is 5.82 Å². The normalized spacial score (nSPS) is 11.8. The van der Waals surface area contributed by atoms with Gasteiger partial charge in [0, 0.05) is 17.3 Å².